The monoisotopic (exact) mass is 191 g/mol. The van der Waals surface area contributed by atoms with Gasteiger partial charge in [-0.2, -0.15) is 0 Å². The lowest BCUT2D eigenvalue weighted by Crippen LogP contribution is -2.27. The van der Waals surface area contributed by atoms with E-state index in [2.05, 4.69) is 18.2 Å². The Morgan fingerprint density at radius 3 is 3.00 bits per heavy atom. The Kier molecular flexibility index (Phi) is 2.57. The first-order valence-electron chi connectivity index (χ1n) is 5.21. The number of aliphatic hydroxyl groups excluding tert-OH is 1. The fourth-order valence-electron chi connectivity index (χ4n) is 2.13. The maximum absolute atomic E-state index is 10.0. The van der Waals surface area contributed by atoms with Crippen LogP contribution in [0.15, 0.2) is 18.2 Å². The highest BCUT2D eigenvalue weighted by Crippen LogP contribution is 2.28. The Morgan fingerprint density at radius 2 is 2.21 bits per heavy atom. The standard InChI is InChI=1S/C12H17NO/c1-8-5-6-9-3-2-4-11(13)12(14)10(9)7-8/h5-7,11-12,14H,2-4,13H2,1H3. The zero-order valence-electron chi connectivity index (χ0n) is 8.53. The third kappa shape index (κ3) is 1.68. The number of rotatable bonds is 0. The van der Waals surface area contributed by atoms with Gasteiger partial charge in [0.1, 0.15) is 0 Å². The lowest BCUT2D eigenvalue weighted by Gasteiger charge is -2.17. The van der Waals surface area contributed by atoms with Gasteiger partial charge in [-0.3, -0.25) is 0 Å². The average molecular weight is 191 g/mol. The van der Waals surface area contributed by atoms with Gasteiger partial charge in [-0.05, 0) is 37.3 Å². The second kappa shape index (κ2) is 3.71. The van der Waals surface area contributed by atoms with Crippen LogP contribution in [0.4, 0.5) is 0 Å². The Hall–Kier alpha value is -0.860. The third-order valence-electron chi connectivity index (χ3n) is 3.01. The van der Waals surface area contributed by atoms with Gasteiger partial charge in [0.15, 0.2) is 0 Å². The third-order valence-corrected chi connectivity index (χ3v) is 3.01. The summed E-state index contributed by atoms with van der Waals surface area (Å²) in [5, 5.41) is 10.0. The normalized spacial score (nSPS) is 26.8. The number of aryl methyl sites for hydroxylation is 2. The number of fused-ring (bicyclic) bond motifs is 1. The largest absolute Gasteiger partial charge is 0.387 e. The molecule has 2 nitrogen and oxygen atoms in total. The first kappa shape index (κ1) is 9.69. The lowest BCUT2D eigenvalue weighted by molar-refractivity contribution is 0.144. The second-order valence-electron chi connectivity index (χ2n) is 4.20. The summed E-state index contributed by atoms with van der Waals surface area (Å²) in [6, 6.07) is 6.18. The van der Waals surface area contributed by atoms with Crippen molar-refractivity contribution in [3.8, 4) is 0 Å². The van der Waals surface area contributed by atoms with Crippen LogP contribution in [-0.2, 0) is 6.42 Å². The molecule has 3 N–H and O–H groups in total. The van der Waals surface area contributed by atoms with Crippen molar-refractivity contribution < 1.29 is 5.11 Å². The van der Waals surface area contributed by atoms with Gasteiger partial charge < -0.3 is 10.8 Å². The van der Waals surface area contributed by atoms with E-state index in [1.807, 2.05) is 6.92 Å². The molecule has 2 heteroatoms. The van der Waals surface area contributed by atoms with E-state index in [0.717, 1.165) is 24.8 Å². The Morgan fingerprint density at radius 1 is 1.43 bits per heavy atom. The summed E-state index contributed by atoms with van der Waals surface area (Å²) in [6.45, 7) is 2.05. The SMILES string of the molecule is Cc1ccc2c(c1)C(O)C(N)CCC2. The molecule has 0 bridgehead atoms. The molecule has 1 aliphatic carbocycles. The number of hydrogen-bond donors (Lipinski definition) is 2. The van der Waals surface area contributed by atoms with Crippen molar-refractivity contribution in [2.24, 2.45) is 5.73 Å². The van der Waals surface area contributed by atoms with Gasteiger partial charge in [-0.25, -0.2) is 0 Å². The van der Waals surface area contributed by atoms with Crippen molar-refractivity contribution >= 4 is 0 Å². The summed E-state index contributed by atoms with van der Waals surface area (Å²) < 4.78 is 0. The summed E-state index contributed by atoms with van der Waals surface area (Å²) in [5.41, 5.74) is 9.38. The molecular formula is C12H17NO. The molecule has 0 aromatic heterocycles. The molecule has 1 aromatic rings. The van der Waals surface area contributed by atoms with Gasteiger partial charge in [0.25, 0.3) is 0 Å². The van der Waals surface area contributed by atoms with Crippen LogP contribution < -0.4 is 5.73 Å². The summed E-state index contributed by atoms with van der Waals surface area (Å²) in [6.07, 6.45) is 2.55. The summed E-state index contributed by atoms with van der Waals surface area (Å²) in [7, 11) is 0. The molecule has 1 aliphatic rings. The fourth-order valence-corrected chi connectivity index (χ4v) is 2.13. The van der Waals surface area contributed by atoms with Gasteiger partial charge in [0.05, 0.1) is 6.10 Å². The van der Waals surface area contributed by atoms with Crippen LogP contribution >= 0.6 is 0 Å². The molecule has 2 rings (SSSR count). The first-order chi connectivity index (χ1) is 6.68. The molecular weight excluding hydrogens is 174 g/mol. The minimum absolute atomic E-state index is 0.0990. The summed E-state index contributed by atoms with van der Waals surface area (Å²) >= 11 is 0. The maximum atomic E-state index is 10.0. The minimum atomic E-state index is -0.479. The van der Waals surface area contributed by atoms with E-state index in [4.69, 9.17) is 5.73 Å². The second-order valence-corrected chi connectivity index (χ2v) is 4.20. The van der Waals surface area contributed by atoms with E-state index in [9.17, 15) is 5.11 Å². The summed E-state index contributed by atoms with van der Waals surface area (Å²) in [5.74, 6) is 0. The maximum Gasteiger partial charge on any atom is 0.0943 e. The van der Waals surface area contributed by atoms with Gasteiger partial charge in [-0.1, -0.05) is 23.8 Å². The van der Waals surface area contributed by atoms with Gasteiger partial charge >= 0.3 is 0 Å². The number of nitrogens with two attached hydrogens (primary N) is 1. The number of aliphatic hydroxyl groups is 1. The van der Waals surface area contributed by atoms with Crippen LogP contribution in [0.2, 0.25) is 0 Å². The molecule has 0 saturated heterocycles. The van der Waals surface area contributed by atoms with E-state index in [1.165, 1.54) is 11.1 Å². The molecule has 0 saturated carbocycles. The van der Waals surface area contributed by atoms with Crippen molar-refractivity contribution in [2.75, 3.05) is 0 Å². The van der Waals surface area contributed by atoms with Crippen molar-refractivity contribution in [3.05, 3.63) is 34.9 Å². The van der Waals surface area contributed by atoms with Crippen LogP contribution in [0.1, 0.15) is 35.6 Å². The van der Waals surface area contributed by atoms with Crippen LogP contribution in [0.5, 0.6) is 0 Å². The van der Waals surface area contributed by atoms with Gasteiger partial charge in [0.2, 0.25) is 0 Å². The van der Waals surface area contributed by atoms with Crippen LogP contribution in [0, 0.1) is 6.92 Å². The molecule has 0 amide bonds. The molecule has 0 aliphatic heterocycles. The van der Waals surface area contributed by atoms with E-state index >= 15 is 0 Å². The zero-order valence-corrected chi connectivity index (χ0v) is 8.53. The topological polar surface area (TPSA) is 46.2 Å². The van der Waals surface area contributed by atoms with Gasteiger partial charge in [0, 0.05) is 6.04 Å². The predicted octanol–water partition coefficient (Wildman–Crippen LogP) is 1.69. The smallest absolute Gasteiger partial charge is 0.0943 e. The first-order valence-corrected chi connectivity index (χ1v) is 5.21. The quantitative estimate of drug-likeness (QED) is 0.613. The van der Waals surface area contributed by atoms with Crippen LogP contribution in [0.3, 0.4) is 0 Å². The highest BCUT2D eigenvalue weighted by molar-refractivity contribution is 5.34. The van der Waals surface area contributed by atoms with Gasteiger partial charge in [-0.15, -0.1) is 0 Å². The van der Waals surface area contributed by atoms with Crippen LogP contribution in [-0.4, -0.2) is 11.1 Å². The number of benzene rings is 1. The van der Waals surface area contributed by atoms with E-state index in [1.54, 1.807) is 0 Å². The average Bonchev–Trinajstić information content (AvgIpc) is 2.30. The molecule has 14 heavy (non-hydrogen) atoms. The lowest BCUT2D eigenvalue weighted by atomic mass is 9.97. The molecule has 0 fully saturated rings. The minimum Gasteiger partial charge on any atom is -0.387 e. The van der Waals surface area contributed by atoms with E-state index in [-0.39, 0.29) is 6.04 Å². The van der Waals surface area contributed by atoms with Crippen molar-refractivity contribution in [1.29, 1.82) is 0 Å². The highest BCUT2D eigenvalue weighted by Gasteiger charge is 2.22. The van der Waals surface area contributed by atoms with Crippen LogP contribution in [0.25, 0.3) is 0 Å². The Labute approximate surface area is 84.7 Å². The molecule has 0 spiro atoms. The molecule has 1 aromatic carbocycles. The fraction of sp³-hybridized carbons (Fsp3) is 0.500. The van der Waals surface area contributed by atoms with Crippen molar-refractivity contribution in [3.63, 3.8) is 0 Å². The molecule has 0 heterocycles. The Bertz CT molecular complexity index is 335. The highest BCUT2D eigenvalue weighted by atomic mass is 16.3. The van der Waals surface area contributed by atoms with E-state index < -0.39 is 6.10 Å². The van der Waals surface area contributed by atoms with E-state index in [0.29, 0.717) is 0 Å². The molecule has 2 atom stereocenters. The van der Waals surface area contributed by atoms with Crippen molar-refractivity contribution in [1.82, 2.24) is 0 Å². The van der Waals surface area contributed by atoms with Crippen molar-refractivity contribution in [2.45, 2.75) is 38.3 Å². The summed E-state index contributed by atoms with van der Waals surface area (Å²) in [4.78, 5) is 0. The number of hydrogen-bond acceptors (Lipinski definition) is 2. The zero-order chi connectivity index (χ0) is 10.1. The molecule has 0 radical (unpaired) electrons. The Balaban J connectivity index is 2.44. The predicted molar refractivity (Wildman–Crippen MR) is 57.1 cm³/mol. The molecule has 76 valence electrons. The molecule has 2 unspecified atom stereocenters.